The van der Waals surface area contributed by atoms with Gasteiger partial charge in [0, 0.05) is 12.0 Å². The fourth-order valence-corrected chi connectivity index (χ4v) is 1.83. The highest BCUT2D eigenvalue weighted by atomic mass is 16.8. The molecular weight excluding hydrogens is 130 g/mol. The lowest BCUT2D eigenvalue weighted by Gasteiger charge is -2.43. The van der Waals surface area contributed by atoms with Crippen LogP contribution < -0.4 is 0 Å². The zero-order chi connectivity index (χ0) is 7.57. The van der Waals surface area contributed by atoms with E-state index in [9.17, 15) is 5.11 Å². The predicted octanol–water partition coefficient (Wildman–Crippen LogP) is 0.789. The summed E-state index contributed by atoms with van der Waals surface area (Å²) in [4.78, 5) is 5.04. The third kappa shape index (κ3) is 0.447. The van der Waals surface area contributed by atoms with Crippen LogP contribution in [-0.2, 0) is 9.94 Å². The second-order valence-electron chi connectivity index (χ2n) is 3.89. The summed E-state index contributed by atoms with van der Waals surface area (Å²) in [5.41, 5.74) is -0.216. The molecule has 3 unspecified atom stereocenters. The van der Waals surface area contributed by atoms with E-state index in [0.717, 1.165) is 6.54 Å². The lowest BCUT2D eigenvalue weighted by atomic mass is 9.84. The van der Waals surface area contributed by atoms with E-state index in [0.29, 0.717) is 0 Å². The smallest absolute Gasteiger partial charge is 0.244 e. The van der Waals surface area contributed by atoms with Gasteiger partial charge in [0.15, 0.2) is 0 Å². The van der Waals surface area contributed by atoms with E-state index in [-0.39, 0.29) is 11.5 Å². The minimum atomic E-state index is -1.13. The van der Waals surface area contributed by atoms with Crippen molar-refractivity contribution in [2.45, 2.75) is 32.6 Å². The molecule has 3 saturated heterocycles. The van der Waals surface area contributed by atoms with Crippen molar-refractivity contribution < 1.29 is 9.94 Å². The van der Waals surface area contributed by atoms with Gasteiger partial charge in [-0.2, -0.15) is 10.2 Å². The number of hydrogen-bond donors (Lipinski definition) is 0. The molecule has 3 nitrogen and oxygen atoms in total. The van der Waals surface area contributed by atoms with Gasteiger partial charge in [0.2, 0.25) is 5.79 Å². The van der Waals surface area contributed by atoms with Crippen LogP contribution in [0.4, 0.5) is 0 Å². The molecule has 0 spiro atoms. The van der Waals surface area contributed by atoms with Crippen molar-refractivity contribution in [1.29, 1.82) is 0 Å². The summed E-state index contributed by atoms with van der Waals surface area (Å²) in [7, 11) is 0. The van der Waals surface area contributed by atoms with Crippen molar-refractivity contribution in [3.8, 4) is 0 Å². The lowest BCUT2D eigenvalue weighted by Crippen LogP contribution is -2.60. The molecule has 3 aliphatic heterocycles. The molecule has 57 valence electrons. The van der Waals surface area contributed by atoms with Gasteiger partial charge in [-0.15, -0.1) is 0 Å². The molecule has 0 saturated carbocycles. The van der Waals surface area contributed by atoms with E-state index in [2.05, 4.69) is 0 Å². The first-order chi connectivity index (χ1) is 4.47. The number of hydrogen-bond acceptors (Lipinski definition) is 2. The molecule has 0 aromatic carbocycles. The average Bonchev–Trinajstić information content (AvgIpc) is 2.14. The SMILES string of the molecule is CC1N2CC(C)(C)C1([O])O2. The third-order valence-electron chi connectivity index (χ3n) is 2.73. The molecule has 3 aliphatic rings. The molecule has 3 atom stereocenters. The Morgan fingerprint density at radius 2 is 2.20 bits per heavy atom. The molecule has 3 heteroatoms. The van der Waals surface area contributed by atoms with Gasteiger partial charge in [-0.1, -0.05) is 13.8 Å². The fraction of sp³-hybridized carbons (Fsp3) is 1.00. The quantitative estimate of drug-likeness (QED) is 0.501. The van der Waals surface area contributed by atoms with E-state index >= 15 is 0 Å². The summed E-state index contributed by atoms with van der Waals surface area (Å²) in [5, 5.41) is 13.5. The number of nitrogens with zero attached hydrogens (tertiary/aromatic N) is 1. The minimum absolute atomic E-state index is 0.0579. The summed E-state index contributed by atoms with van der Waals surface area (Å²) >= 11 is 0. The predicted molar refractivity (Wildman–Crippen MR) is 34.5 cm³/mol. The summed E-state index contributed by atoms with van der Waals surface area (Å²) in [6.45, 7) is 6.62. The van der Waals surface area contributed by atoms with Crippen LogP contribution in [0.25, 0.3) is 0 Å². The molecule has 3 rings (SSSR count). The topological polar surface area (TPSA) is 32.4 Å². The standard InChI is InChI=1S/C7H12NO2/c1-5-7(9)6(2,3)4-8(5)10-7/h5H,4H2,1-3H3. The van der Waals surface area contributed by atoms with Crippen LogP contribution in [0.2, 0.25) is 0 Å². The van der Waals surface area contributed by atoms with Crippen molar-refractivity contribution in [2.75, 3.05) is 6.54 Å². The molecule has 0 N–H and O–H groups in total. The van der Waals surface area contributed by atoms with Gasteiger partial charge in [-0.05, 0) is 6.92 Å². The Bertz CT molecular complexity index is 180. The van der Waals surface area contributed by atoms with E-state index in [1.54, 1.807) is 5.06 Å². The van der Waals surface area contributed by atoms with Gasteiger partial charge in [-0.25, -0.2) is 0 Å². The highest BCUT2D eigenvalue weighted by Crippen LogP contribution is 2.53. The Morgan fingerprint density at radius 3 is 2.30 bits per heavy atom. The summed E-state index contributed by atoms with van der Waals surface area (Å²) < 4.78 is 0. The fourth-order valence-electron chi connectivity index (χ4n) is 1.83. The van der Waals surface area contributed by atoms with Gasteiger partial charge >= 0.3 is 0 Å². The second-order valence-corrected chi connectivity index (χ2v) is 3.89. The first-order valence-electron chi connectivity index (χ1n) is 3.63. The molecule has 2 bridgehead atoms. The molecular formula is C7H12NO2. The molecule has 0 amide bonds. The van der Waals surface area contributed by atoms with Crippen LogP contribution in [0.15, 0.2) is 0 Å². The Hall–Kier alpha value is -0.120. The minimum Gasteiger partial charge on any atom is -0.258 e. The summed E-state index contributed by atoms with van der Waals surface area (Å²) in [5.74, 6) is -1.13. The first-order valence-corrected chi connectivity index (χ1v) is 3.63. The molecule has 1 radical (unpaired) electrons. The van der Waals surface area contributed by atoms with E-state index < -0.39 is 5.79 Å². The zero-order valence-electron chi connectivity index (χ0n) is 6.55. The Morgan fingerprint density at radius 1 is 1.60 bits per heavy atom. The van der Waals surface area contributed by atoms with Gasteiger partial charge in [0.25, 0.3) is 0 Å². The lowest BCUT2D eigenvalue weighted by molar-refractivity contribution is -0.447. The van der Waals surface area contributed by atoms with Crippen LogP contribution in [0.5, 0.6) is 0 Å². The van der Waals surface area contributed by atoms with Gasteiger partial charge in [-0.3, -0.25) is 4.84 Å². The highest BCUT2D eigenvalue weighted by molar-refractivity contribution is 5.06. The number of hydroxylamine groups is 2. The third-order valence-corrected chi connectivity index (χ3v) is 2.73. The van der Waals surface area contributed by atoms with E-state index in [4.69, 9.17) is 4.84 Å². The monoisotopic (exact) mass is 142 g/mol. The normalized spacial score (nSPS) is 56.4. The van der Waals surface area contributed by atoms with Crippen LogP contribution in [0, 0.1) is 5.41 Å². The van der Waals surface area contributed by atoms with Gasteiger partial charge in [0.1, 0.15) is 0 Å². The molecule has 0 aliphatic carbocycles. The maximum Gasteiger partial charge on any atom is 0.244 e. The van der Waals surface area contributed by atoms with Crippen LogP contribution in [0.3, 0.4) is 0 Å². The molecule has 0 aromatic heterocycles. The van der Waals surface area contributed by atoms with Crippen LogP contribution in [0.1, 0.15) is 20.8 Å². The van der Waals surface area contributed by atoms with Crippen LogP contribution >= 0.6 is 0 Å². The van der Waals surface area contributed by atoms with Crippen molar-refractivity contribution >= 4 is 0 Å². The highest BCUT2D eigenvalue weighted by Gasteiger charge is 2.69. The largest absolute Gasteiger partial charge is 0.258 e. The zero-order valence-corrected chi connectivity index (χ0v) is 6.55. The number of fused-ring (bicyclic) bond motifs is 1. The maximum atomic E-state index is 11.7. The number of rotatable bonds is 0. The molecule has 0 aromatic rings. The van der Waals surface area contributed by atoms with Crippen molar-refractivity contribution in [3.63, 3.8) is 0 Å². The average molecular weight is 142 g/mol. The first kappa shape index (κ1) is 6.58. The Balaban J connectivity index is 2.33. The summed E-state index contributed by atoms with van der Waals surface area (Å²) in [6.07, 6.45) is 0. The summed E-state index contributed by atoms with van der Waals surface area (Å²) in [6, 6.07) is 0.0579. The van der Waals surface area contributed by atoms with Crippen molar-refractivity contribution in [1.82, 2.24) is 5.06 Å². The maximum absolute atomic E-state index is 11.7. The van der Waals surface area contributed by atoms with Crippen molar-refractivity contribution in [2.24, 2.45) is 5.41 Å². The van der Waals surface area contributed by atoms with Crippen molar-refractivity contribution in [3.05, 3.63) is 0 Å². The molecule has 3 fully saturated rings. The molecule has 3 heterocycles. The molecule has 10 heavy (non-hydrogen) atoms. The van der Waals surface area contributed by atoms with Gasteiger partial charge < -0.3 is 0 Å². The van der Waals surface area contributed by atoms with Crippen LogP contribution in [-0.4, -0.2) is 23.4 Å². The second kappa shape index (κ2) is 1.40. The Labute approximate surface area is 60.5 Å². The van der Waals surface area contributed by atoms with Gasteiger partial charge in [0.05, 0.1) is 6.04 Å². The Kier molecular flexibility index (Phi) is 0.918. The van der Waals surface area contributed by atoms with E-state index in [1.165, 1.54) is 0 Å². The van der Waals surface area contributed by atoms with E-state index in [1.807, 2.05) is 20.8 Å².